The van der Waals surface area contributed by atoms with Crippen LogP contribution in [-0.4, -0.2) is 13.5 Å². The Bertz CT molecular complexity index is 82.3. The van der Waals surface area contributed by atoms with Crippen LogP contribution < -0.4 is 0 Å². The normalized spacial score (nSPS) is 10.6. The van der Waals surface area contributed by atoms with Crippen molar-refractivity contribution in [1.82, 2.24) is 0 Å². The molecule has 0 aliphatic rings. The first-order chi connectivity index (χ1) is 3.73. The third kappa shape index (κ3) is 463. The van der Waals surface area contributed by atoms with Crippen molar-refractivity contribution in [2.45, 2.75) is 3.74 Å². The molecular formula is CH3Br2F2O3P. The van der Waals surface area contributed by atoms with Gasteiger partial charge in [-0.1, -0.05) is 0 Å². The molecule has 0 atom stereocenters. The zero-order chi connectivity index (χ0) is 8.08. The van der Waals surface area contributed by atoms with Crippen molar-refractivity contribution in [1.29, 1.82) is 0 Å². The second-order valence-electron chi connectivity index (χ2n) is 0.711. The molecule has 0 spiro atoms. The van der Waals surface area contributed by atoms with Crippen molar-refractivity contribution in [2.75, 3.05) is 0 Å². The fraction of sp³-hybridized carbons (Fsp3) is 1.00. The van der Waals surface area contributed by atoms with Gasteiger partial charge in [0.25, 0.3) is 0 Å². The minimum absolute atomic E-state index is 1.96. The molecule has 0 aromatic heterocycles. The Labute approximate surface area is 67.3 Å². The Hall–Kier alpha value is 0.970. The average Bonchev–Trinajstić information content (AvgIpc) is 1.19. The van der Waals surface area contributed by atoms with Gasteiger partial charge in [0.05, 0.1) is 0 Å². The van der Waals surface area contributed by atoms with Crippen LogP contribution in [0.25, 0.3) is 0 Å². The summed E-state index contributed by atoms with van der Waals surface area (Å²) >= 11 is 3.92. The van der Waals surface area contributed by atoms with Crippen LogP contribution in [0.2, 0.25) is 0 Å². The maximum Gasteiger partial charge on any atom is 0.356 e. The first kappa shape index (κ1) is 12.6. The van der Waals surface area contributed by atoms with Crippen molar-refractivity contribution < 1.29 is 23.1 Å². The summed E-state index contributed by atoms with van der Waals surface area (Å²) in [6.45, 7) is 0. The molecule has 0 amide bonds. The van der Waals surface area contributed by atoms with E-state index in [4.69, 9.17) is 14.4 Å². The van der Waals surface area contributed by atoms with E-state index in [1.165, 1.54) is 0 Å². The van der Waals surface area contributed by atoms with Gasteiger partial charge in [-0.25, -0.2) is 0 Å². The highest BCUT2D eigenvalue weighted by atomic mass is 79.9. The van der Waals surface area contributed by atoms with Gasteiger partial charge in [-0.3, -0.25) is 4.57 Å². The number of rotatable bonds is 0. The van der Waals surface area contributed by atoms with Crippen LogP contribution in [0.15, 0.2) is 0 Å². The molecule has 0 rings (SSSR count). The third-order valence-corrected chi connectivity index (χ3v) is 0. The van der Waals surface area contributed by atoms with Crippen molar-refractivity contribution in [3.05, 3.63) is 0 Å². The molecule has 3 nitrogen and oxygen atoms in total. The molecule has 0 bridgehead atoms. The second kappa shape index (κ2) is 5.73. The molecule has 0 aliphatic carbocycles. The van der Waals surface area contributed by atoms with E-state index in [-0.39, 0.29) is 0 Å². The van der Waals surface area contributed by atoms with Gasteiger partial charge in [-0.15, -0.1) is 0 Å². The summed E-state index contributed by atoms with van der Waals surface area (Å²) in [6.07, 6.45) is 0. The highest BCUT2D eigenvalue weighted by Gasteiger charge is 2.15. The minimum Gasteiger partial charge on any atom is -0.326 e. The minimum atomic E-state index is -3.13. The van der Waals surface area contributed by atoms with Crippen LogP contribution in [0, 0.1) is 0 Å². The monoisotopic (exact) mass is 290 g/mol. The number of halogens is 4. The molecule has 0 saturated heterocycles. The van der Waals surface area contributed by atoms with Gasteiger partial charge in [0.2, 0.25) is 0 Å². The molecule has 8 heteroatoms. The van der Waals surface area contributed by atoms with Gasteiger partial charge >= 0.3 is 12.0 Å². The van der Waals surface area contributed by atoms with E-state index in [1.54, 1.807) is 0 Å². The molecular weight excluding hydrogens is 289 g/mol. The van der Waals surface area contributed by atoms with Crippen molar-refractivity contribution >= 4 is 40.1 Å². The Morgan fingerprint density at radius 3 is 1.33 bits per heavy atom. The molecule has 2 N–H and O–H groups in total. The summed E-state index contributed by atoms with van der Waals surface area (Å²) in [4.78, 5) is 14.3. The number of hydrogen-bond acceptors (Lipinski definition) is 1. The van der Waals surface area contributed by atoms with Crippen LogP contribution >= 0.6 is 40.1 Å². The Morgan fingerprint density at radius 1 is 1.33 bits per heavy atom. The lowest BCUT2D eigenvalue weighted by atomic mass is 11.7. The summed E-state index contributed by atoms with van der Waals surface area (Å²) in [7, 11) is -3.13. The molecule has 0 heterocycles. The van der Waals surface area contributed by atoms with Gasteiger partial charge in [0.15, 0.2) is 0 Å². The van der Waals surface area contributed by atoms with E-state index >= 15 is 0 Å². The Morgan fingerprint density at radius 2 is 1.33 bits per heavy atom. The maximum absolute atomic E-state index is 10.9. The van der Waals surface area contributed by atoms with Gasteiger partial charge in [0, 0.05) is 31.9 Å². The molecule has 58 valence electrons. The molecule has 0 saturated carbocycles. The molecule has 9 heavy (non-hydrogen) atoms. The Kier molecular flexibility index (Phi) is 8.04. The highest BCUT2D eigenvalue weighted by Crippen LogP contribution is 2.28. The summed E-state index contributed by atoms with van der Waals surface area (Å²) < 4.78 is 27.6. The molecule has 0 radical (unpaired) electrons. The predicted molar refractivity (Wildman–Crippen MR) is 36.2 cm³/mol. The summed E-state index contributed by atoms with van der Waals surface area (Å²) in [5.41, 5.74) is 0. The molecule has 0 aliphatic heterocycles. The molecule has 0 unspecified atom stereocenters. The standard InChI is InChI=1S/CBr2F2.H3O3P/c2-1(3,4)5;1-4(2)3/h;4H,(H2,1,2,3). The quantitative estimate of drug-likeness (QED) is 0.527. The second-order valence-corrected chi connectivity index (χ2v) is 4.33. The van der Waals surface area contributed by atoms with Crippen molar-refractivity contribution in [2.24, 2.45) is 0 Å². The molecule has 0 aromatic carbocycles. The lowest BCUT2D eigenvalue weighted by molar-refractivity contribution is 0.229. The summed E-state index contributed by atoms with van der Waals surface area (Å²) in [5, 5.41) is 0. The average molecular weight is 292 g/mol. The summed E-state index contributed by atoms with van der Waals surface area (Å²) in [6, 6.07) is 0. The first-order valence-electron chi connectivity index (χ1n) is 1.41. The molecule has 0 fully saturated rings. The fourth-order valence-electron chi connectivity index (χ4n) is 0. The van der Waals surface area contributed by atoms with E-state index < -0.39 is 12.0 Å². The third-order valence-electron chi connectivity index (χ3n) is 0. The van der Waals surface area contributed by atoms with Crippen LogP contribution in [0.3, 0.4) is 0 Å². The molecule has 0 aromatic rings. The predicted octanol–water partition coefficient (Wildman–Crippen LogP) is 1.69. The van der Waals surface area contributed by atoms with Crippen LogP contribution in [0.5, 0.6) is 0 Å². The topological polar surface area (TPSA) is 57.5 Å². The summed E-state index contributed by atoms with van der Waals surface area (Å²) in [5.74, 6) is 0. The Balaban J connectivity index is 0. The van der Waals surface area contributed by atoms with Gasteiger partial charge in [-0.2, -0.15) is 8.78 Å². The lowest BCUT2D eigenvalue weighted by Gasteiger charge is -1.88. The first-order valence-corrected chi connectivity index (χ1v) is 4.30. The fourth-order valence-corrected chi connectivity index (χ4v) is 0. The number of alkyl halides is 4. The van der Waals surface area contributed by atoms with Crippen LogP contribution in [0.4, 0.5) is 8.78 Å². The van der Waals surface area contributed by atoms with E-state index in [2.05, 4.69) is 0 Å². The largest absolute Gasteiger partial charge is 0.356 e. The van der Waals surface area contributed by atoms with Crippen molar-refractivity contribution in [3.8, 4) is 0 Å². The van der Waals surface area contributed by atoms with Crippen molar-refractivity contribution in [3.63, 3.8) is 0 Å². The van der Waals surface area contributed by atoms with Gasteiger partial charge in [-0.05, 0) is 0 Å². The zero-order valence-corrected chi connectivity index (χ0v) is 7.99. The van der Waals surface area contributed by atoms with Crippen LogP contribution in [-0.2, 0) is 4.57 Å². The zero-order valence-electron chi connectivity index (χ0n) is 3.81. The van der Waals surface area contributed by atoms with Crippen LogP contribution in [0.1, 0.15) is 0 Å². The highest BCUT2D eigenvalue weighted by molar-refractivity contribution is 9.25. The van der Waals surface area contributed by atoms with E-state index in [0.717, 1.165) is 0 Å². The lowest BCUT2D eigenvalue weighted by Crippen LogP contribution is -1.84. The number of hydrogen-bond donors (Lipinski definition) is 2. The van der Waals surface area contributed by atoms with E-state index in [9.17, 15) is 8.78 Å². The van der Waals surface area contributed by atoms with Gasteiger partial charge < -0.3 is 9.79 Å². The maximum atomic E-state index is 10.9. The van der Waals surface area contributed by atoms with E-state index in [0.29, 0.717) is 0 Å². The van der Waals surface area contributed by atoms with Gasteiger partial charge in [0.1, 0.15) is 0 Å². The van der Waals surface area contributed by atoms with E-state index in [1.807, 2.05) is 31.9 Å². The smallest absolute Gasteiger partial charge is 0.326 e. The SMILES string of the molecule is FC(F)(Br)Br.O=[PH](O)O.